The maximum absolute atomic E-state index is 5.62. The topological polar surface area (TPSA) is 46.6 Å². The van der Waals surface area contributed by atoms with Crippen LogP contribution in [0.25, 0.3) is 82.7 Å². The molecule has 308 valence electrons. The van der Waals surface area contributed by atoms with Crippen molar-refractivity contribution in [1.29, 1.82) is 0 Å². The lowest BCUT2D eigenvalue weighted by atomic mass is 9.90. The summed E-state index contributed by atoms with van der Waals surface area (Å²) in [4.78, 5) is 11.1. The Balaban J connectivity index is 0.971. The monoisotopic (exact) mass is 833 g/mol. The average molecular weight is 834 g/mol. The summed E-state index contributed by atoms with van der Waals surface area (Å²) in [6.07, 6.45) is 4.33. The number of allylic oxidation sites excluding steroid dienone is 1. The first-order valence-corrected chi connectivity index (χ1v) is 22.5. The molecule has 5 nitrogen and oxygen atoms in total. The zero-order valence-corrected chi connectivity index (χ0v) is 35.9. The molecule has 0 amide bonds. The maximum atomic E-state index is 5.62. The molecule has 0 radical (unpaired) electrons. The number of fused-ring (bicyclic) bond motifs is 8. The molecule has 1 aliphatic carbocycles. The smallest absolute Gasteiger partial charge is 0.234 e. The van der Waals surface area contributed by atoms with Crippen LogP contribution in [0.5, 0.6) is 0 Å². The maximum Gasteiger partial charge on any atom is 0.234 e. The number of hydrogen-bond donors (Lipinski definition) is 1. The fourth-order valence-electron chi connectivity index (χ4n) is 10.6. The second kappa shape index (κ2) is 14.6. The molecule has 1 aliphatic heterocycles. The predicted octanol–water partition coefficient (Wildman–Crippen LogP) is 14.3. The van der Waals surface area contributed by atoms with Gasteiger partial charge in [0, 0.05) is 44.2 Å². The summed E-state index contributed by atoms with van der Waals surface area (Å²) in [5, 5.41) is 12.1. The van der Waals surface area contributed by atoms with Gasteiger partial charge in [0.05, 0.1) is 16.6 Å². The summed E-state index contributed by atoms with van der Waals surface area (Å²) in [6, 6.07) is 74.3. The number of para-hydroxylation sites is 2. The second-order valence-electron chi connectivity index (χ2n) is 17.5. The van der Waals surface area contributed by atoms with E-state index in [9.17, 15) is 0 Å². The van der Waals surface area contributed by atoms with E-state index in [0.717, 1.165) is 51.6 Å². The van der Waals surface area contributed by atoms with Gasteiger partial charge in [-0.3, -0.25) is 4.57 Å². The van der Waals surface area contributed by atoms with Crippen LogP contribution in [0, 0.1) is 0 Å². The third-order valence-corrected chi connectivity index (χ3v) is 13.7. The molecule has 65 heavy (non-hydrogen) atoms. The van der Waals surface area contributed by atoms with Crippen molar-refractivity contribution >= 4 is 77.7 Å². The van der Waals surface area contributed by atoms with Crippen molar-refractivity contribution in [3.05, 3.63) is 234 Å². The highest BCUT2D eigenvalue weighted by molar-refractivity contribution is 6.20. The van der Waals surface area contributed by atoms with E-state index in [1.165, 1.54) is 71.7 Å². The van der Waals surface area contributed by atoms with Crippen LogP contribution in [-0.2, 0) is 12.1 Å². The lowest BCUT2D eigenvalue weighted by molar-refractivity contribution is 0.456. The Bertz CT molecular complexity index is 3820. The van der Waals surface area contributed by atoms with E-state index in [-0.39, 0.29) is 0 Å². The first-order valence-electron chi connectivity index (χ1n) is 22.5. The normalized spacial score (nSPS) is 16.1. The van der Waals surface area contributed by atoms with Crippen LogP contribution in [0.3, 0.4) is 0 Å². The van der Waals surface area contributed by atoms with E-state index < -0.39 is 5.66 Å². The number of nitrogens with zero attached hydrogens (tertiary/aromatic N) is 4. The molecule has 0 fully saturated rings. The molecule has 11 aromatic rings. The summed E-state index contributed by atoms with van der Waals surface area (Å²) >= 11 is 0. The Kier molecular flexibility index (Phi) is 8.40. The van der Waals surface area contributed by atoms with E-state index in [4.69, 9.17) is 9.98 Å². The van der Waals surface area contributed by atoms with Gasteiger partial charge >= 0.3 is 0 Å². The second-order valence-corrected chi connectivity index (χ2v) is 17.5. The molecule has 9 aromatic carbocycles. The van der Waals surface area contributed by atoms with Gasteiger partial charge in [-0.15, -0.1) is 0 Å². The summed E-state index contributed by atoms with van der Waals surface area (Å²) < 4.78 is 4.76. The highest BCUT2D eigenvalue weighted by atomic mass is 15.3. The zero-order valence-electron chi connectivity index (χ0n) is 35.9. The lowest BCUT2D eigenvalue weighted by Crippen LogP contribution is -2.47. The van der Waals surface area contributed by atoms with Crippen molar-refractivity contribution in [2.75, 3.05) is 0 Å². The Morgan fingerprint density at radius 1 is 0.477 bits per heavy atom. The van der Waals surface area contributed by atoms with Crippen LogP contribution in [0.2, 0.25) is 0 Å². The first kappa shape index (κ1) is 37.3. The summed E-state index contributed by atoms with van der Waals surface area (Å²) in [6.45, 7) is 2.18. The van der Waals surface area contributed by atoms with Gasteiger partial charge in [-0.2, -0.15) is 4.99 Å². The van der Waals surface area contributed by atoms with E-state index in [0.29, 0.717) is 5.96 Å². The molecule has 1 unspecified atom stereocenters. The standard InChI is InChI=1S/C60H43N5/c1-60(53-29-15-21-41-19-6-8-25-47(41)53)62-58(50-28-14-20-40-18-5-7-24-46(40)50)61-59(63-60)65-55-31-12-10-27-49(55)52-38-44(33-35-57(52)65)43-32-34-56-51(37-43)48-26-9-11-30-54(48)64(56)45-23-13-22-42(36-45)39-16-3-2-4-17-39/h2-31,33,35-38H,32,34H2,1H3,(H,61,62,63). The molecule has 3 heterocycles. The minimum atomic E-state index is -0.839. The van der Waals surface area contributed by atoms with Gasteiger partial charge in [-0.1, -0.05) is 170 Å². The van der Waals surface area contributed by atoms with Gasteiger partial charge in [-0.25, -0.2) is 4.99 Å². The zero-order chi connectivity index (χ0) is 43.1. The quantitative estimate of drug-likeness (QED) is 0.184. The first-order chi connectivity index (χ1) is 32.1. The van der Waals surface area contributed by atoms with Crippen molar-refractivity contribution in [3.8, 4) is 16.8 Å². The number of benzene rings is 9. The van der Waals surface area contributed by atoms with Gasteiger partial charge in [0.1, 0.15) is 5.84 Å². The van der Waals surface area contributed by atoms with Crippen LogP contribution in [0.1, 0.15) is 41.3 Å². The molecule has 2 aliphatic rings. The average Bonchev–Trinajstić information content (AvgIpc) is 3.88. The molecule has 1 N–H and O–H groups in total. The van der Waals surface area contributed by atoms with E-state index >= 15 is 0 Å². The number of aromatic nitrogens is 2. The number of rotatable bonds is 5. The largest absolute Gasteiger partial charge is 0.342 e. The molecule has 2 aromatic heterocycles. The number of amidine groups is 1. The van der Waals surface area contributed by atoms with Crippen LogP contribution in [-0.4, -0.2) is 20.9 Å². The minimum Gasteiger partial charge on any atom is -0.342 e. The third kappa shape index (κ3) is 6.00. The predicted molar refractivity (Wildman–Crippen MR) is 272 cm³/mol. The molecule has 0 saturated carbocycles. The highest BCUT2D eigenvalue weighted by Crippen LogP contribution is 2.41. The number of nitrogens with one attached hydrogen (secondary N) is 1. The van der Waals surface area contributed by atoms with Crippen LogP contribution >= 0.6 is 0 Å². The van der Waals surface area contributed by atoms with Gasteiger partial charge < -0.3 is 9.88 Å². The fraction of sp³-hybridized carbons (Fsp3) is 0.0667. The molecule has 13 rings (SSSR count). The number of hydrogen-bond acceptors (Lipinski definition) is 3. The van der Waals surface area contributed by atoms with Gasteiger partial charge in [-0.05, 0) is 106 Å². The van der Waals surface area contributed by atoms with Crippen molar-refractivity contribution in [1.82, 2.24) is 14.5 Å². The molecule has 1 atom stereocenters. The van der Waals surface area contributed by atoms with Crippen LogP contribution < -0.4 is 5.32 Å². The fourth-order valence-corrected chi connectivity index (χ4v) is 10.6. The van der Waals surface area contributed by atoms with Crippen molar-refractivity contribution < 1.29 is 0 Å². The van der Waals surface area contributed by atoms with Gasteiger partial charge in [0.15, 0.2) is 5.66 Å². The third-order valence-electron chi connectivity index (χ3n) is 13.7. The van der Waals surface area contributed by atoms with Gasteiger partial charge in [0.25, 0.3) is 0 Å². The van der Waals surface area contributed by atoms with Crippen molar-refractivity contribution in [2.24, 2.45) is 9.98 Å². The van der Waals surface area contributed by atoms with E-state index in [2.05, 4.69) is 234 Å². The van der Waals surface area contributed by atoms with Crippen molar-refractivity contribution in [2.45, 2.75) is 25.4 Å². The molecule has 0 spiro atoms. The summed E-state index contributed by atoms with van der Waals surface area (Å²) in [7, 11) is 0. The Hall–Kier alpha value is -8.28. The van der Waals surface area contributed by atoms with Crippen LogP contribution in [0.4, 0.5) is 0 Å². The molecule has 5 heteroatoms. The van der Waals surface area contributed by atoms with E-state index in [1.54, 1.807) is 0 Å². The Morgan fingerprint density at radius 3 is 1.94 bits per heavy atom. The molecule has 0 saturated heterocycles. The summed E-state index contributed by atoms with van der Waals surface area (Å²) in [5.74, 6) is 1.44. The molecular weight excluding hydrogens is 791 g/mol. The minimum absolute atomic E-state index is 0.645. The molecular formula is C60H43N5. The Morgan fingerprint density at radius 2 is 1.11 bits per heavy atom. The highest BCUT2D eigenvalue weighted by Gasteiger charge is 2.35. The van der Waals surface area contributed by atoms with Crippen LogP contribution in [0.15, 0.2) is 216 Å². The molecule has 0 bridgehead atoms. The van der Waals surface area contributed by atoms with Crippen molar-refractivity contribution in [3.63, 3.8) is 0 Å². The lowest BCUT2D eigenvalue weighted by Gasteiger charge is -2.34. The SMILES string of the molecule is CC1(c2cccc3ccccc23)N=C(n2c3ccccc3c3cc(C4=Cc5c(n(-c6cccc(-c7ccccc7)c6)c6ccccc56)CC4)ccc32)N=C(c2cccc3ccccc23)N1. The number of aliphatic imine (C=N–C) groups is 2. The summed E-state index contributed by atoms with van der Waals surface area (Å²) in [5.41, 5.74) is 13.6. The van der Waals surface area contributed by atoms with E-state index in [1.807, 2.05) is 0 Å². The Labute approximate surface area is 377 Å². The van der Waals surface area contributed by atoms with Gasteiger partial charge in [0.2, 0.25) is 5.96 Å².